The zero-order chi connectivity index (χ0) is 20.4. The summed E-state index contributed by atoms with van der Waals surface area (Å²) in [5.74, 6) is -0.790. The van der Waals surface area contributed by atoms with Gasteiger partial charge in [0.15, 0.2) is 0 Å². The number of amides is 2. The molecular weight excluding hydrogens is 374 g/mol. The highest BCUT2D eigenvalue weighted by atomic mass is 16.6. The number of carbonyl (C=O) groups excluding carboxylic acids is 3. The van der Waals surface area contributed by atoms with Gasteiger partial charge in [0.05, 0.1) is 18.2 Å². The van der Waals surface area contributed by atoms with E-state index in [1.807, 2.05) is 30.3 Å². The van der Waals surface area contributed by atoms with E-state index >= 15 is 0 Å². The van der Waals surface area contributed by atoms with Crippen molar-refractivity contribution in [1.82, 2.24) is 14.8 Å². The number of esters is 1. The van der Waals surface area contributed by atoms with E-state index in [1.165, 1.54) is 25.6 Å². The second-order valence-electron chi connectivity index (χ2n) is 7.27. The predicted molar refractivity (Wildman–Crippen MR) is 102 cm³/mol. The molecule has 29 heavy (non-hydrogen) atoms. The molecule has 2 saturated heterocycles. The van der Waals surface area contributed by atoms with Crippen molar-refractivity contribution in [2.45, 2.75) is 12.0 Å². The summed E-state index contributed by atoms with van der Waals surface area (Å²) < 4.78 is 10.1. The Balaban J connectivity index is 1.59. The molecule has 0 bridgehead atoms. The lowest BCUT2D eigenvalue weighted by Gasteiger charge is -2.44. The lowest BCUT2D eigenvalue weighted by molar-refractivity contribution is 0.0375. The highest BCUT2D eigenvalue weighted by molar-refractivity contribution is 5.97. The zero-order valence-corrected chi connectivity index (χ0v) is 16.0. The standard InChI is InChI=1S/C21H21N3O5/c1-28-19(26)17-9-16(11-22-12-17)18(25)23-7-8-24-20(27)29-14-21(24,13-23)10-15-5-3-2-4-6-15/h2-6,9,11-12H,7-8,10,13-14H2,1H3. The molecule has 4 rings (SSSR count). The molecule has 0 radical (unpaired) electrons. The van der Waals surface area contributed by atoms with Gasteiger partial charge in [-0.15, -0.1) is 0 Å². The van der Waals surface area contributed by atoms with Crippen LogP contribution in [0.2, 0.25) is 0 Å². The van der Waals surface area contributed by atoms with E-state index < -0.39 is 11.5 Å². The van der Waals surface area contributed by atoms with Gasteiger partial charge in [-0.05, 0) is 11.6 Å². The van der Waals surface area contributed by atoms with E-state index in [0.29, 0.717) is 31.6 Å². The first kappa shape index (κ1) is 18.9. The third kappa shape index (κ3) is 3.53. The summed E-state index contributed by atoms with van der Waals surface area (Å²) in [4.78, 5) is 44.5. The SMILES string of the molecule is COC(=O)c1cncc(C(=O)N2CCN3C(=O)OCC3(Cc3ccccc3)C2)c1. The fraction of sp³-hybridized carbons (Fsp3) is 0.333. The van der Waals surface area contributed by atoms with Gasteiger partial charge in [0.25, 0.3) is 5.91 Å². The minimum atomic E-state index is -0.611. The number of cyclic esters (lactones) is 1. The average molecular weight is 395 g/mol. The summed E-state index contributed by atoms with van der Waals surface area (Å²) in [6.45, 7) is 1.34. The Kier molecular flexibility index (Phi) is 4.92. The summed E-state index contributed by atoms with van der Waals surface area (Å²) in [5, 5.41) is 0. The second kappa shape index (κ2) is 7.54. The van der Waals surface area contributed by atoms with Crippen molar-refractivity contribution in [3.63, 3.8) is 0 Å². The Bertz CT molecular complexity index is 948. The van der Waals surface area contributed by atoms with Crippen LogP contribution in [0, 0.1) is 0 Å². The molecule has 8 heteroatoms. The first-order valence-corrected chi connectivity index (χ1v) is 9.33. The normalized spacial score (nSPS) is 20.8. The molecule has 150 valence electrons. The number of rotatable bonds is 4. The number of pyridine rings is 1. The van der Waals surface area contributed by atoms with Crippen molar-refractivity contribution in [3.8, 4) is 0 Å². The van der Waals surface area contributed by atoms with E-state index in [4.69, 9.17) is 9.47 Å². The Morgan fingerprint density at radius 1 is 1.17 bits per heavy atom. The molecule has 1 aromatic heterocycles. The fourth-order valence-corrected chi connectivity index (χ4v) is 3.98. The molecule has 0 spiro atoms. The highest BCUT2D eigenvalue weighted by Gasteiger charge is 2.51. The van der Waals surface area contributed by atoms with E-state index in [2.05, 4.69) is 4.98 Å². The average Bonchev–Trinajstić information content (AvgIpc) is 3.09. The molecule has 0 aliphatic carbocycles. The van der Waals surface area contributed by atoms with Crippen LogP contribution < -0.4 is 0 Å². The maximum Gasteiger partial charge on any atom is 0.410 e. The van der Waals surface area contributed by atoms with Crippen molar-refractivity contribution < 1.29 is 23.9 Å². The molecule has 1 unspecified atom stereocenters. The van der Waals surface area contributed by atoms with Crippen LogP contribution >= 0.6 is 0 Å². The first-order valence-electron chi connectivity index (χ1n) is 9.33. The topological polar surface area (TPSA) is 89.0 Å². The molecule has 0 N–H and O–H groups in total. The Labute approximate surface area is 168 Å². The number of ether oxygens (including phenoxy) is 2. The number of benzene rings is 1. The number of carbonyl (C=O) groups is 3. The second-order valence-corrected chi connectivity index (χ2v) is 7.27. The molecule has 0 saturated carbocycles. The van der Waals surface area contributed by atoms with Crippen LogP contribution in [0.4, 0.5) is 4.79 Å². The number of hydrogen-bond donors (Lipinski definition) is 0. The Morgan fingerprint density at radius 2 is 1.93 bits per heavy atom. The smallest absolute Gasteiger partial charge is 0.410 e. The van der Waals surface area contributed by atoms with Gasteiger partial charge < -0.3 is 14.4 Å². The molecule has 8 nitrogen and oxygen atoms in total. The lowest BCUT2D eigenvalue weighted by Crippen LogP contribution is -2.63. The Hall–Kier alpha value is -3.42. The van der Waals surface area contributed by atoms with Crippen LogP contribution in [0.5, 0.6) is 0 Å². The quantitative estimate of drug-likeness (QED) is 0.733. The number of nitrogens with zero attached hydrogens (tertiary/aromatic N) is 3. The van der Waals surface area contributed by atoms with Crippen molar-refractivity contribution >= 4 is 18.0 Å². The first-order chi connectivity index (χ1) is 14.0. The summed E-state index contributed by atoms with van der Waals surface area (Å²) in [7, 11) is 1.28. The van der Waals surface area contributed by atoms with Gasteiger partial charge in [0.1, 0.15) is 12.1 Å². The Morgan fingerprint density at radius 3 is 2.69 bits per heavy atom. The number of aromatic nitrogens is 1. The molecule has 2 aromatic rings. The van der Waals surface area contributed by atoms with Crippen LogP contribution in [0.15, 0.2) is 48.8 Å². The lowest BCUT2D eigenvalue weighted by atomic mass is 9.88. The van der Waals surface area contributed by atoms with E-state index in [-0.39, 0.29) is 24.2 Å². The number of methoxy groups -OCH3 is 1. The van der Waals surface area contributed by atoms with Crippen molar-refractivity contribution in [2.24, 2.45) is 0 Å². The van der Waals surface area contributed by atoms with Crippen molar-refractivity contribution in [3.05, 3.63) is 65.5 Å². The zero-order valence-electron chi connectivity index (χ0n) is 16.0. The predicted octanol–water partition coefficient (Wildman–Crippen LogP) is 1.76. The molecule has 2 aliphatic heterocycles. The fourth-order valence-electron chi connectivity index (χ4n) is 3.98. The molecule has 2 aliphatic rings. The maximum absolute atomic E-state index is 13.1. The van der Waals surface area contributed by atoms with Crippen LogP contribution in [0.25, 0.3) is 0 Å². The van der Waals surface area contributed by atoms with E-state index in [9.17, 15) is 14.4 Å². The molecule has 2 amide bonds. The van der Waals surface area contributed by atoms with Crippen LogP contribution in [0.3, 0.4) is 0 Å². The number of piperazine rings is 1. The summed E-state index contributed by atoms with van der Waals surface area (Å²) >= 11 is 0. The molecular formula is C21H21N3O5. The maximum atomic E-state index is 13.1. The minimum absolute atomic E-state index is 0.218. The monoisotopic (exact) mass is 395 g/mol. The largest absolute Gasteiger partial charge is 0.465 e. The summed E-state index contributed by atoms with van der Waals surface area (Å²) in [6, 6.07) is 11.3. The summed E-state index contributed by atoms with van der Waals surface area (Å²) in [5.41, 5.74) is 0.982. The molecule has 1 aromatic carbocycles. The molecule has 2 fully saturated rings. The highest BCUT2D eigenvalue weighted by Crippen LogP contribution is 2.33. The number of hydrogen-bond acceptors (Lipinski definition) is 6. The third-order valence-electron chi connectivity index (χ3n) is 5.41. The van der Waals surface area contributed by atoms with Gasteiger partial charge in [-0.3, -0.25) is 14.7 Å². The van der Waals surface area contributed by atoms with Crippen LogP contribution in [0.1, 0.15) is 26.3 Å². The van der Waals surface area contributed by atoms with Gasteiger partial charge in [-0.1, -0.05) is 30.3 Å². The van der Waals surface area contributed by atoms with Crippen molar-refractivity contribution in [2.75, 3.05) is 33.4 Å². The van der Waals surface area contributed by atoms with Gasteiger partial charge in [0, 0.05) is 38.4 Å². The van der Waals surface area contributed by atoms with E-state index in [1.54, 1.807) is 9.80 Å². The minimum Gasteiger partial charge on any atom is -0.465 e. The van der Waals surface area contributed by atoms with Crippen molar-refractivity contribution in [1.29, 1.82) is 0 Å². The van der Waals surface area contributed by atoms with Gasteiger partial charge in [0.2, 0.25) is 0 Å². The number of fused-ring (bicyclic) bond motifs is 1. The third-order valence-corrected chi connectivity index (χ3v) is 5.41. The molecule has 1 atom stereocenters. The summed E-state index contributed by atoms with van der Waals surface area (Å²) in [6.07, 6.45) is 3.04. The van der Waals surface area contributed by atoms with Crippen LogP contribution in [-0.2, 0) is 15.9 Å². The van der Waals surface area contributed by atoms with Crippen LogP contribution in [-0.4, -0.2) is 71.6 Å². The van der Waals surface area contributed by atoms with Gasteiger partial charge in [-0.2, -0.15) is 0 Å². The molecule has 3 heterocycles. The van der Waals surface area contributed by atoms with Gasteiger partial charge >= 0.3 is 12.1 Å². The van der Waals surface area contributed by atoms with Gasteiger partial charge in [-0.25, -0.2) is 9.59 Å². The van der Waals surface area contributed by atoms with E-state index in [0.717, 1.165) is 5.56 Å².